The summed E-state index contributed by atoms with van der Waals surface area (Å²) < 4.78 is 5.57. The Hall–Kier alpha value is -1.40. The number of nitriles is 1. The van der Waals surface area contributed by atoms with E-state index in [1.54, 1.807) is 36.4 Å². The number of halogens is 3. The van der Waals surface area contributed by atoms with Crippen molar-refractivity contribution < 1.29 is 4.74 Å². The lowest BCUT2D eigenvalue weighted by Gasteiger charge is -2.08. The molecule has 0 saturated heterocycles. The molecule has 2 rings (SSSR count). The Bertz CT molecular complexity index is 614. The van der Waals surface area contributed by atoms with Gasteiger partial charge in [-0.2, -0.15) is 5.26 Å². The molecule has 0 radical (unpaired) electrons. The maximum absolute atomic E-state index is 8.97. The number of hydrogen-bond donors (Lipinski definition) is 0. The average molecular weight is 299 g/mol. The molecule has 0 aliphatic heterocycles. The third kappa shape index (κ3) is 3.08. The molecule has 0 spiro atoms. The summed E-state index contributed by atoms with van der Waals surface area (Å²) in [5, 5.41) is 10.4. The first kappa shape index (κ1) is 13.0. The Morgan fingerprint density at radius 1 is 0.889 bits per heavy atom. The van der Waals surface area contributed by atoms with E-state index in [0.29, 0.717) is 32.1 Å². The fourth-order valence-electron chi connectivity index (χ4n) is 1.39. The molecule has 0 bridgehead atoms. The van der Waals surface area contributed by atoms with Gasteiger partial charge in [-0.05, 0) is 30.3 Å². The van der Waals surface area contributed by atoms with Gasteiger partial charge in [0.05, 0.1) is 5.56 Å². The van der Waals surface area contributed by atoms with Crippen LogP contribution in [0.1, 0.15) is 5.56 Å². The summed E-state index contributed by atoms with van der Waals surface area (Å²) >= 11 is 17.6. The summed E-state index contributed by atoms with van der Waals surface area (Å²) in [6.07, 6.45) is 0. The molecule has 2 aromatic carbocycles. The Morgan fingerprint density at radius 3 is 2.17 bits per heavy atom. The van der Waals surface area contributed by atoms with Gasteiger partial charge in [0.2, 0.25) is 0 Å². The van der Waals surface area contributed by atoms with Gasteiger partial charge in [0, 0.05) is 21.1 Å². The van der Waals surface area contributed by atoms with Crippen LogP contribution in [0.5, 0.6) is 11.5 Å². The van der Waals surface area contributed by atoms with Gasteiger partial charge in [0.25, 0.3) is 0 Å². The van der Waals surface area contributed by atoms with Crippen LogP contribution in [0.25, 0.3) is 0 Å². The molecular formula is C13H6Cl3NO. The Labute approximate surface area is 119 Å². The van der Waals surface area contributed by atoms with Crippen molar-refractivity contribution >= 4 is 34.8 Å². The number of hydrogen-bond acceptors (Lipinski definition) is 2. The standard InChI is InChI=1S/C13H6Cl3NO/c14-9-2-1-8(7-17)13(6-9)18-12-4-10(15)3-11(16)5-12/h1-6H. The smallest absolute Gasteiger partial charge is 0.146 e. The van der Waals surface area contributed by atoms with E-state index in [2.05, 4.69) is 0 Å². The Balaban J connectivity index is 2.39. The van der Waals surface area contributed by atoms with Gasteiger partial charge < -0.3 is 4.74 Å². The van der Waals surface area contributed by atoms with E-state index < -0.39 is 0 Å². The highest BCUT2D eigenvalue weighted by Crippen LogP contribution is 2.31. The van der Waals surface area contributed by atoms with Crippen LogP contribution < -0.4 is 4.74 Å². The maximum atomic E-state index is 8.97. The van der Waals surface area contributed by atoms with Gasteiger partial charge in [-0.3, -0.25) is 0 Å². The summed E-state index contributed by atoms with van der Waals surface area (Å²) in [5.74, 6) is 0.814. The molecule has 0 fully saturated rings. The zero-order valence-corrected chi connectivity index (χ0v) is 11.2. The zero-order chi connectivity index (χ0) is 13.1. The molecule has 18 heavy (non-hydrogen) atoms. The van der Waals surface area contributed by atoms with Crippen molar-refractivity contribution in [1.29, 1.82) is 5.26 Å². The first-order chi connectivity index (χ1) is 8.58. The normalized spacial score (nSPS) is 9.89. The summed E-state index contributed by atoms with van der Waals surface area (Å²) in [4.78, 5) is 0. The SMILES string of the molecule is N#Cc1ccc(Cl)cc1Oc1cc(Cl)cc(Cl)c1. The van der Waals surface area contributed by atoms with E-state index in [1.165, 1.54) is 0 Å². The molecule has 0 atom stereocenters. The van der Waals surface area contributed by atoms with E-state index in [-0.39, 0.29) is 0 Å². The fraction of sp³-hybridized carbons (Fsp3) is 0. The molecule has 0 heterocycles. The molecule has 0 N–H and O–H groups in total. The second-order valence-electron chi connectivity index (χ2n) is 3.46. The van der Waals surface area contributed by atoms with Crippen LogP contribution in [-0.4, -0.2) is 0 Å². The average Bonchev–Trinajstić information content (AvgIpc) is 2.27. The first-order valence-corrected chi connectivity index (χ1v) is 6.05. The van der Waals surface area contributed by atoms with Gasteiger partial charge in [-0.1, -0.05) is 34.8 Å². The van der Waals surface area contributed by atoms with Crippen molar-refractivity contribution in [3.63, 3.8) is 0 Å². The highest BCUT2D eigenvalue weighted by molar-refractivity contribution is 6.34. The molecule has 0 amide bonds. The molecule has 2 nitrogen and oxygen atoms in total. The van der Waals surface area contributed by atoms with Crippen molar-refractivity contribution in [3.05, 3.63) is 57.0 Å². The highest BCUT2D eigenvalue weighted by Gasteiger charge is 2.07. The predicted molar refractivity (Wildman–Crippen MR) is 72.7 cm³/mol. The fourth-order valence-corrected chi connectivity index (χ4v) is 2.06. The number of rotatable bonds is 2. The van der Waals surface area contributed by atoms with Crippen molar-refractivity contribution in [2.75, 3.05) is 0 Å². The molecule has 90 valence electrons. The van der Waals surface area contributed by atoms with Crippen LogP contribution >= 0.6 is 34.8 Å². The highest BCUT2D eigenvalue weighted by atomic mass is 35.5. The molecule has 0 aliphatic carbocycles. The van der Waals surface area contributed by atoms with Gasteiger partial charge in [-0.25, -0.2) is 0 Å². The second-order valence-corrected chi connectivity index (χ2v) is 4.77. The maximum Gasteiger partial charge on any atom is 0.146 e. The first-order valence-electron chi connectivity index (χ1n) is 4.92. The third-order valence-corrected chi connectivity index (χ3v) is 2.80. The molecule has 0 unspecified atom stereocenters. The van der Waals surface area contributed by atoms with Crippen molar-refractivity contribution in [3.8, 4) is 17.6 Å². The molecular weight excluding hydrogens is 293 g/mol. The third-order valence-electron chi connectivity index (χ3n) is 2.13. The lowest BCUT2D eigenvalue weighted by molar-refractivity contribution is 0.481. The van der Waals surface area contributed by atoms with Gasteiger partial charge in [0.15, 0.2) is 0 Å². The van der Waals surface area contributed by atoms with Crippen LogP contribution in [0.4, 0.5) is 0 Å². The Morgan fingerprint density at radius 2 is 1.56 bits per heavy atom. The van der Waals surface area contributed by atoms with Crippen molar-refractivity contribution in [2.45, 2.75) is 0 Å². The van der Waals surface area contributed by atoms with Gasteiger partial charge in [-0.15, -0.1) is 0 Å². The lowest BCUT2D eigenvalue weighted by atomic mass is 10.2. The number of nitrogens with zero attached hydrogens (tertiary/aromatic N) is 1. The molecule has 0 aromatic heterocycles. The second kappa shape index (κ2) is 5.49. The number of benzene rings is 2. The van der Waals surface area contributed by atoms with E-state index >= 15 is 0 Å². The zero-order valence-electron chi connectivity index (χ0n) is 8.95. The largest absolute Gasteiger partial charge is 0.456 e. The molecule has 5 heteroatoms. The minimum Gasteiger partial charge on any atom is -0.456 e. The van der Waals surface area contributed by atoms with Gasteiger partial charge in [0.1, 0.15) is 17.6 Å². The lowest BCUT2D eigenvalue weighted by Crippen LogP contribution is -1.88. The number of ether oxygens (including phenoxy) is 1. The summed E-state index contributed by atoms with van der Waals surface area (Å²) in [6.45, 7) is 0. The quantitative estimate of drug-likeness (QED) is 0.752. The van der Waals surface area contributed by atoms with Gasteiger partial charge >= 0.3 is 0 Å². The van der Waals surface area contributed by atoms with Crippen LogP contribution in [0.2, 0.25) is 15.1 Å². The predicted octanol–water partition coefficient (Wildman–Crippen LogP) is 5.31. The topological polar surface area (TPSA) is 33.0 Å². The van der Waals surface area contributed by atoms with Crippen molar-refractivity contribution in [2.24, 2.45) is 0 Å². The molecule has 0 aliphatic rings. The summed E-state index contributed by atoms with van der Waals surface area (Å²) in [6, 6.07) is 11.6. The van der Waals surface area contributed by atoms with E-state index in [9.17, 15) is 0 Å². The summed E-state index contributed by atoms with van der Waals surface area (Å²) in [7, 11) is 0. The van der Waals surface area contributed by atoms with Crippen LogP contribution in [0.3, 0.4) is 0 Å². The minimum atomic E-state index is 0.364. The van der Waals surface area contributed by atoms with E-state index in [1.807, 2.05) is 6.07 Å². The monoisotopic (exact) mass is 297 g/mol. The molecule has 2 aromatic rings. The van der Waals surface area contributed by atoms with Crippen molar-refractivity contribution in [1.82, 2.24) is 0 Å². The van der Waals surface area contributed by atoms with Crippen LogP contribution in [0, 0.1) is 11.3 Å². The van der Waals surface area contributed by atoms with E-state index in [0.717, 1.165) is 0 Å². The summed E-state index contributed by atoms with van der Waals surface area (Å²) in [5.41, 5.74) is 0.385. The van der Waals surface area contributed by atoms with E-state index in [4.69, 9.17) is 44.8 Å². The molecule has 0 saturated carbocycles. The van der Waals surface area contributed by atoms with Crippen LogP contribution in [0.15, 0.2) is 36.4 Å². The van der Waals surface area contributed by atoms with Crippen LogP contribution in [-0.2, 0) is 0 Å². The minimum absolute atomic E-state index is 0.364. The Kier molecular flexibility index (Phi) is 3.98.